The lowest BCUT2D eigenvalue weighted by molar-refractivity contribution is -0.131. The molecule has 5 nitrogen and oxygen atoms in total. The molecule has 1 aliphatic heterocycles. The first-order valence-electron chi connectivity index (χ1n) is 9.27. The summed E-state index contributed by atoms with van der Waals surface area (Å²) in [5.74, 6) is 0.734. The Hall–Kier alpha value is -2.14. The Morgan fingerprint density at radius 3 is 3.00 bits per heavy atom. The predicted octanol–water partition coefficient (Wildman–Crippen LogP) is 2.35. The van der Waals surface area contributed by atoms with E-state index >= 15 is 0 Å². The third kappa shape index (κ3) is 3.47. The number of aromatic amines is 1. The van der Waals surface area contributed by atoms with Crippen molar-refractivity contribution in [2.75, 3.05) is 26.7 Å². The van der Waals surface area contributed by atoms with Crippen molar-refractivity contribution < 1.29 is 4.79 Å². The zero-order chi connectivity index (χ0) is 17.2. The molecular weight excluding hydrogens is 312 g/mol. The minimum Gasteiger partial charge on any atom is -0.339 e. The molecule has 1 aliphatic carbocycles. The molecule has 1 atom stereocenters. The van der Waals surface area contributed by atoms with Crippen LogP contribution in [0.4, 0.5) is 0 Å². The van der Waals surface area contributed by atoms with Gasteiger partial charge in [-0.25, -0.2) is 0 Å². The van der Waals surface area contributed by atoms with Crippen molar-refractivity contribution in [3.05, 3.63) is 52.8 Å². The fourth-order valence-corrected chi connectivity index (χ4v) is 4.12. The van der Waals surface area contributed by atoms with E-state index < -0.39 is 0 Å². The van der Waals surface area contributed by atoms with E-state index in [0.29, 0.717) is 19.0 Å². The van der Waals surface area contributed by atoms with Crippen LogP contribution in [-0.4, -0.2) is 52.6 Å². The number of amides is 1. The molecule has 132 valence electrons. The summed E-state index contributed by atoms with van der Waals surface area (Å²) in [6.07, 6.45) is 4.51. The van der Waals surface area contributed by atoms with Crippen molar-refractivity contribution >= 4 is 5.91 Å². The van der Waals surface area contributed by atoms with Gasteiger partial charge >= 0.3 is 0 Å². The van der Waals surface area contributed by atoms with E-state index in [0.717, 1.165) is 38.0 Å². The molecule has 4 rings (SSSR count). The van der Waals surface area contributed by atoms with Crippen molar-refractivity contribution in [2.45, 2.75) is 38.1 Å². The molecule has 1 saturated heterocycles. The van der Waals surface area contributed by atoms with Gasteiger partial charge < -0.3 is 4.90 Å². The number of rotatable bonds is 5. The predicted molar refractivity (Wildman–Crippen MR) is 97.3 cm³/mol. The van der Waals surface area contributed by atoms with E-state index in [1.807, 2.05) is 11.9 Å². The summed E-state index contributed by atoms with van der Waals surface area (Å²) in [4.78, 5) is 16.7. The summed E-state index contributed by atoms with van der Waals surface area (Å²) < 4.78 is 0. The van der Waals surface area contributed by atoms with Crippen LogP contribution < -0.4 is 0 Å². The maximum absolute atomic E-state index is 12.6. The van der Waals surface area contributed by atoms with Crippen LogP contribution in [0.5, 0.6) is 0 Å². The molecule has 0 bridgehead atoms. The van der Waals surface area contributed by atoms with Gasteiger partial charge in [0.15, 0.2) is 0 Å². The van der Waals surface area contributed by atoms with Gasteiger partial charge in [-0.3, -0.25) is 14.8 Å². The molecule has 0 spiro atoms. The number of nitrogens with zero attached hydrogens (tertiary/aromatic N) is 3. The summed E-state index contributed by atoms with van der Waals surface area (Å²) in [5.41, 5.74) is 5.04. The molecule has 2 aromatic rings. The van der Waals surface area contributed by atoms with Gasteiger partial charge in [0.2, 0.25) is 5.91 Å². The van der Waals surface area contributed by atoms with E-state index in [1.165, 1.54) is 23.2 Å². The molecule has 2 aliphatic rings. The van der Waals surface area contributed by atoms with Crippen molar-refractivity contribution in [3.8, 4) is 0 Å². The third-order valence-electron chi connectivity index (χ3n) is 5.61. The van der Waals surface area contributed by atoms with Crippen LogP contribution in [-0.2, 0) is 24.2 Å². The number of hydrogen-bond acceptors (Lipinski definition) is 3. The molecule has 1 aromatic carbocycles. The minimum atomic E-state index is 0.184. The van der Waals surface area contributed by atoms with Crippen LogP contribution in [0.2, 0.25) is 0 Å². The van der Waals surface area contributed by atoms with Crippen LogP contribution in [0.3, 0.4) is 0 Å². The zero-order valence-electron chi connectivity index (χ0n) is 14.9. The number of carbonyl (C=O) groups excluding carboxylic acids is 1. The SMILES string of the molecule is CN(Cc1n[nH]c2c1CCC2)C(=O)CN1CC[C@H](c2ccccc2)C1. The number of H-pyrrole nitrogens is 1. The number of hydrogen-bond donors (Lipinski definition) is 1. The first-order valence-corrected chi connectivity index (χ1v) is 9.27. The standard InChI is InChI=1S/C20H26N4O/c1-23(13-19-17-8-5-9-18(17)21-22-19)20(25)14-24-11-10-16(12-24)15-6-3-2-4-7-15/h2-4,6-7,16H,5,8-14H2,1H3,(H,21,22)/t16-/m0/s1. The Labute approximate surface area is 149 Å². The molecular formula is C20H26N4O. The second-order valence-electron chi connectivity index (χ2n) is 7.36. The number of likely N-dealkylation sites (N-methyl/N-ethyl adjacent to an activating group) is 1. The number of aryl methyl sites for hydroxylation is 1. The van der Waals surface area contributed by atoms with E-state index in [9.17, 15) is 4.79 Å². The molecule has 2 heterocycles. The maximum Gasteiger partial charge on any atom is 0.236 e. The summed E-state index contributed by atoms with van der Waals surface area (Å²) in [6.45, 7) is 3.09. The Bertz CT molecular complexity index is 739. The Morgan fingerprint density at radius 1 is 1.32 bits per heavy atom. The topological polar surface area (TPSA) is 52.2 Å². The van der Waals surface area contributed by atoms with Gasteiger partial charge in [-0.2, -0.15) is 5.10 Å². The second kappa shape index (κ2) is 7.00. The molecule has 5 heteroatoms. The summed E-state index contributed by atoms with van der Waals surface area (Å²) in [6, 6.07) is 10.6. The van der Waals surface area contributed by atoms with Crippen molar-refractivity contribution in [2.24, 2.45) is 0 Å². The van der Waals surface area contributed by atoms with Gasteiger partial charge in [-0.1, -0.05) is 30.3 Å². The number of likely N-dealkylation sites (tertiary alicyclic amines) is 1. The third-order valence-corrected chi connectivity index (χ3v) is 5.61. The molecule has 1 amide bonds. The van der Waals surface area contributed by atoms with Gasteiger partial charge in [0.05, 0.1) is 18.8 Å². The van der Waals surface area contributed by atoms with Crippen LogP contribution in [0, 0.1) is 0 Å². The van der Waals surface area contributed by atoms with Crippen molar-refractivity contribution in [1.82, 2.24) is 20.0 Å². The van der Waals surface area contributed by atoms with E-state index in [1.54, 1.807) is 0 Å². The van der Waals surface area contributed by atoms with Crippen LogP contribution >= 0.6 is 0 Å². The molecule has 1 N–H and O–H groups in total. The number of aromatic nitrogens is 2. The zero-order valence-corrected chi connectivity index (χ0v) is 14.9. The van der Waals surface area contributed by atoms with E-state index in [2.05, 4.69) is 45.4 Å². The fraction of sp³-hybridized carbons (Fsp3) is 0.500. The fourth-order valence-electron chi connectivity index (χ4n) is 4.12. The molecule has 1 aromatic heterocycles. The highest BCUT2D eigenvalue weighted by atomic mass is 16.2. The van der Waals surface area contributed by atoms with Crippen LogP contribution in [0.15, 0.2) is 30.3 Å². The number of fused-ring (bicyclic) bond motifs is 1. The average Bonchev–Trinajstić information content (AvgIpc) is 3.34. The van der Waals surface area contributed by atoms with E-state index in [4.69, 9.17) is 0 Å². The number of carbonyl (C=O) groups is 1. The first-order chi connectivity index (χ1) is 12.2. The number of benzene rings is 1. The normalized spacial score (nSPS) is 20.0. The maximum atomic E-state index is 12.6. The molecule has 0 saturated carbocycles. The van der Waals surface area contributed by atoms with Gasteiger partial charge in [-0.05, 0) is 49.3 Å². The summed E-state index contributed by atoms with van der Waals surface area (Å²) >= 11 is 0. The lowest BCUT2D eigenvalue weighted by atomic mass is 9.99. The molecule has 25 heavy (non-hydrogen) atoms. The lowest BCUT2D eigenvalue weighted by Gasteiger charge is -2.21. The van der Waals surface area contributed by atoms with Gasteiger partial charge in [-0.15, -0.1) is 0 Å². The van der Waals surface area contributed by atoms with Crippen molar-refractivity contribution in [3.63, 3.8) is 0 Å². The van der Waals surface area contributed by atoms with Crippen molar-refractivity contribution in [1.29, 1.82) is 0 Å². The Morgan fingerprint density at radius 2 is 2.16 bits per heavy atom. The highest BCUT2D eigenvalue weighted by Crippen LogP contribution is 2.27. The Kier molecular flexibility index (Phi) is 4.57. The van der Waals surface area contributed by atoms with Crippen LogP contribution in [0.25, 0.3) is 0 Å². The largest absolute Gasteiger partial charge is 0.339 e. The van der Waals surface area contributed by atoms with Crippen LogP contribution in [0.1, 0.15) is 41.3 Å². The van der Waals surface area contributed by atoms with E-state index in [-0.39, 0.29) is 5.91 Å². The first kappa shape index (κ1) is 16.3. The van der Waals surface area contributed by atoms with Gasteiger partial charge in [0.1, 0.15) is 0 Å². The quantitative estimate of drug-likeness (QED) is 0.910. The smallest absolute Gasteiger partial charge is 0.236 e. The monoisotopic (exact) mass is 338 g/mol. The highest BCUT2D eigenvalue weighted by Gasteiger charge is 2.27. The average molecular weight is 338 g/mol. The molecule has 0 radical (unpaired) electrons. The van der Waals surface area contributed by atoms with Gasteiger partial charge in [0, 0.05) is 19.3 Å². The Balaban J connectivity index is 1.31. The summed E-state index contributed by atoms with van der Waals surface area (Å²) in [7, 11) is 1.89. The molecule has 1 fully saturated rings. The minimum absolute atomic E-state index is 0.184. The van der Waals surface area contributed by atoms with Gasteiger partial charge in [0.25, 0.3) is 0 Å². The second-order valence-corrected chi connectivity index (χ2v) is 7.36. The number of nitrogens with one attached hydrogen (secondary N) is 1. The summed E-state index contributed by atoms with van der Waals surface area (Å²) in [5, 5.41) is 7.54. The molecule has 0 unspecified atom stereocenters. The highest BCUT2D eigenvalue weighted by molar-refractivity contribution is 5.78. The lowest BCUT2D eigenvalue weighted by Crippen LogP contribution is -2.37.